The van der Waals surface area contributed by atoms with Crippen molar-refractivity contribution in [2.24, 2.45) is 0 Å². The summed E-state index contributed by atoms with van der Waals surface area (Å²) >= 11 is 0. The fraction of sp³-hybridized carbons (Fsp3) is 0.143. The summed E-state index contributed by atoms with van der Waals surface area (Å²) in [4.78, 5) is 14.6. The molecule has 1 N–H and O–H groups in total. The molecule has 2 heterocycles. The van der Waals surface area contributed by atoms with Gasteiger partial charge < -0.3 is 5.11 Å². The summed E-state index contributed by atoms with van der Waals surface area (Å²) in [7, 11) is 0. The molecule has 0 aliphatic rings. The third-order valence-corrected chi connectivity index (χ3v) is 1.74. The number of imidazole rings is 1. The summed E-state index contributed by atoms with van der Waals surface area (Å²) in [6.45, 7) is 1.71. The lowest BCUT2D eigenvalue weighted by Gasteiger charge is -1.91. The second-order valence-corrected chi connectivity index (χ2v) is 2.54. The van der Waals surface area contributed by atoms with E-state index in [-0.39, 0.29) is 5.69 Å². The van der Waals surface area contributed by atoms with Gasteiger partial charge in [-0.05, 0) is 6.92 Å². The van der Waals surface area contributed by atoms with Gasteiger partial charge in [0.05, 0.1) is 6.20 Å². The molecular formula is C7H6N4O2. The molecule has 2 aromatic heterocycles. The molecule has 0 bridgehead atoms. The second kappa shape index (κ2) is 2.51. The Balaban J connectivity index is 2.85. The highest BCUT2D eigenvalue weighted by molar-refractivity contribution is 5.93. The number of aryl methyl sites for hydroxylation is 1. The molecule has 2 aromatic rings. The van der Waals surface area contributed by atoms with Crippen LogP contribution in [0.15, 0.2) is 12.5 Å². The Morgan fingerprint density at radius 2 is 2.31 bits per heavy atom. The molecule has 0 unspecified atom stereocenters. The SMILES string of the molecule is Cc1nc(C(=O)O)c2cnncn12. The van der Waals surface area contributed by atoms with Gasteiger partial charge in [0.25, 0.3) is 0 Å². The van der Waals surface area contributed by atoms with Gasteiger partial charge in [-0.3, -0.25) is 4.40 Å². The summed E-state index contributed by atoms with van der Waals surface area (Å²) in [6, 6.07) is 0. The van der Waals surface area contributed by atoms with Crippen LogP contribution in [0.5, 0.6) is 0 Å². The maximum atomic E-state index is 10.7. The Labute approximate surface area is 72.9 Å². The van der Waals surface area contributed by atoms with Gasteiger partial charge in [0.2, 0.25) is 0 Å². The fourth-order valence-corrected chi connectivity index (χ4v) is 1.16. The second-order valence-electron chi connectivity index (χ2n) is 2.54. The van der Waals surface area contributed by atoms with Gasteiger partial charge >= 0.3 is 5.97 Å². The van der Waals surface area contributed by atoms with Crippen LogP contribution in [0.3, 0.4) is 0 Å². The van der Waals surface area contributed by atoms with Crippen LogP contribution < -0.4 is 0 Å². The zero-order chi connectivity index (χ0) is 9.42. The van der Waals surface area contributed by atoms with E-state index < -0.39 is 5.97 Å². The van der Waals surface area contributed by atoms with E-state index in [9.17, 15) is 4.79 Å². The van der Waals surface area contributed by atoms with Crippen LogP contribution in [0.2, 0.25) is 0 Å². The molecule has 0 aliphatic heterocycles. The van der Waals surface area contributed by atoms with Gasteiger partial charge in [-0.15, -0.1) is 5.10 Å². The molecule has 0 fully saturated rings. The fourth-order valence-electron chi connectivity index (χ4n) is 1.16. The predicted molar refractivity (Wildman–Crippen MR) is 42.5 cm³/mol. The van der Waals surface area contributed by atoms with Crippen LogP contribution in [0.25, 0.3) is 5.52 Å². The highest BCUT2D eigenvalue weighted by Gasteiger charge is 2.14. The maximum Gasteiger partial charge on any atom is 0.356 e. The van der Waals surface area contributed by atoms with Crippen molar-refractivity contribution in [1.29, 1.82) is 0 Å². The van der Waals surface area contributed by atoms with Crippen molar-refractivity contribution in [3.05, 3.63) is 24.0 Å². The number of carboxylic acids is 1. The lowest BCUT2D eigenvalue weighted by Crippen LogP contribution is -1.98. The van der Waals surface area contributed by atoms with Crippen molar-refractivity contribution in [2.45, 2.75) is 6.92 Å². The van der Waals surface area contributed by atoms with E-state index >= 15 is 0 Å². The molecule has 0 aliphatic carbocycles. The first kappa shape index (κ1) is 7.66. The van der Waals surface area contributed by atoms with E-state index in [1.807, 2.05) is 0 Å². The number of fused-ring (bicyclic) bond motifs is 1. The minimum absolute atomic E-state index is 0.00685. The van der Waals surface area contributed by atoms with Crippen LogP contribution in [-0.4, -0.2) is 30.7 Å². The average molecular weight is 178 g/mol. The maximum absolute atomic E-state index is 10.7. The molecule has 66 valence electrons. The van der Waals surface area contributed by atoms with Gasteiger partial charge in [-0.25, -0.2) is 9.78 Å². The first-order valence-corrected chi connectivity index (χ1v) is 3.59. The van der Waals surface area contributed by atoms with Crippen LogP contribution >= 0.6 is 0 Å². The molecule has 0 radical (unpaired) electrons. The number of aromatic carboxylic acids is 1. The molecule has 0 saturated heterocycles. The number of aromatic nitrogens is 4. The minimum Gasteiger partial charge on any atom is -0.476 e. The van der Waals surface area contributed by atoms with E-state index in [0.717, 1.165) is 0 Å². The number of carboxylic acid groups (broad SMARTS) is 1. The van der Waals surface area contributed by atoms with Crippen molar-refractivity contribution in [1.82, 2.24) is 19.6 Å². The number of nitrogens with zero attached hydrogens (tertiary/aromatic N) is 4. The Morgan fingerprint density at radius 3 is 3.00 bits per heavy atom. The van der Waals surface area contributed by atoms with Crippen molar-refractivity contribution in [3.8, 4) is 0 Å². The van der Waals surface area contributed by atoms with Crippen molar-refractivity contribution >= 4 is 11.5 Å². The normalized spacial score (nSPS) is 10.5. The van der Waals surface area contributed by atoms with E-state index in [0.29, 0.717) is 11.3 Å². The third kappa shape index (κ3) is 1.03. The topological polar surface area (TPSA) is 80.4 Å². The van der Waals surface area contributed by atoms with Gasteiger partial charge in [0.15, 0.2) is 5.69 Å². The number of hydrogen-bond acceptors (Lipinski definition) is 4. The monoisotopic (exact) mass is 178 g/mol. The van der Waals surface area contributed by atoms with Crippen LogP contribution in [-0.2, 0) is 0 Å². The zero-order valence-electron chi connectivity index (χ0n) is 6.80. The standard InChI is InChI=1S/C7H6N4O2/c1-4-10-6(7(12)13)5-2-8-9-3-11(4)5/h2-3H,1H3,(H,12,13). The lowest BCUT2D eigenvalue weighted by atomic mass is 10.4. The molecular weight excluding hydrogens is 172 g/mol. The first-order chi connectivity index (χ1) is 6.20. The zero-order valence-corrected chi connectivity index (χ0v) is 6.80. The molecule has 0 atom stereocenters. The van der Waals surface area contributed by atoms with E-state index in [1.165, 1.54) is 12.5 Å². The molecule has 0 spiro atoms. The number of rotatable bonds is 1. The van der Waals surface area contributed by atoms with E-state index in [4.69, 9.17) is 5.11 Å². The van der Waals surface area contributed by atoms with Gasteiger partial charge in [0, 0.05) is 0 Å². The number of hydrogen-bond donors (Lipinski definition) is 1. The smallest absolute Gasteiger partial charge is 0.356 e. The Bertz CT molecular complexity index is 476. The largest absolute Gasteiger partial charge is 0.476 e. The molecule has 2 rings (SSSR count). The first-order valence-electron chi connectivity index (χ1n) is 3.59. The van der Waals surface area contributed by atoms with Crippen molar-refractivity contribution in [2.75, 3.05) is 0 Å². The predicted octanol–water partition coefficient (Wildman–Crippen LogP) is 0.131. The Morgan fingerprint density at radius 1 is 1.54 bits per heavy atom. The summed E-state index contributed by atoms with van der Waals surface area (Å²) < 4.78 is 1.58. The van der Waals surface area contributed by atoms with Crippen molar-refractivity contribution in [3.63, 3.8) is 0 Å². The lowest BCUT2D eigenvalue weighted by molar-refractivity contribution is 0.0693. The van der Waals surface area contributed by atoms with Gasteiger partial charge in [-0.2, -0.15) is 5.10 Å². The average Bonchev–Trinajstić information content (AvgIpc) is 2.45. The van der Waals surface area contributed by atoms with Gasteiger partial charge in [0.1, 0.15) is 17.7 Å². The van der Waals surface area contributed by atoms with Crippen LogP contribution in [0.4, 0.5) is 0 Å². The van der Waals surface area contributed by atoms with Crippen LogP contribution in [0.1, 0.15) is 16.3 Å². The quantitative estimate of drug-likeness (QED) is 0.671. The molecule has 0 saturated carbocycles. The highest BCUT2D eigenvalue weighted by atomic mass is 16.4. The minimum atomic E-state index is -1.06. The molecule has 6 nitrogen and oxygen atoms in total. The summed E-state index contributed by atoms with van der Waals surface area (Å²) in [5.74, 6) is -0.471. The van der Waals surface area contributed by atoms with Gasteiger partial charge in [-0.1, -0.05) is 0 Å². The highest BCUT2D eigenvalue weighted by Crippen LogP contribution is 2.09. The summed E-state index contributed by atoms with van der Waals surface area (Å²) in [6.07, 6.45) is 2.81. The Kier molecular flexibility index (Phi) is 1.48. The Hall–Kier alpha value is -1.98. The summed E-state index contributed by atoms with van der Waals surface area (Å²) in [5, 5.41) is 16.0. The summed E-state index contributed by atoms with van der Waals surface area (Å²) in [5.41, 5.74) is 0.465. The van der Waals surface area contributed by atoms with Crippen molar-refractivity contribution < 1.29 is 9.90 Å². The third-order valence-electron chi connectivity index (χ3n) is 1.74. The molecule has 6 heteroatoms. The molecule has 13 heavy (non-hydrogen) atoms. The number of carbonyl (C=O) groups is 1. The van der Waals surface area contributed by atoms with E-state index in [2.05, 4.69) is 15.2 Å². The molecule has 0 amide bonds. The van der Waals surface area contributed by atoms with Crippen LogP contribution in [0, 0.1) is 6.92 Å². The molecule has 0 aromatic carbocycles. The van der Waals surface area contributed by atoms with E-state index in [1.54, 1.807) is 11.3 Å².